The van der Waals surface area contributed by atoms with Gasteiger partial charge in [-0.15, -0.1) is 0 Å². The number of phenols is 1. The Morgan fingerprint density at radius 1 is 1.07 bits per heavy atom. The van der Waals surface area contributed by atoms with Gasteiger partial charge in [-0.3, -0.25) is 4.79 Å². The van der Waals surface area contributed by atoms with Crippen LogP contribution in [0.5, 0.6) is 11.5 Å². The third kappa shape index (κ3) is 4.95. The molecule has 0 heterocycles. The van der Waals surface area contributed by atoms with E-state index in [1.807, 2.05) is 49.4 Å². The molecule has 27 heavy (non-hydrogen) atoms. The number of hydrogen-bond donors (Lipinski definition) is 2. The Balaban J connectivity index is 1.66. The SMILES string of the molecule is Cc1cccc(COc2ccccc2/C=N/NC(=O)c2ccccc2O)c1. The van der Waals surface area contributed by atoms with E-state index in [4.69, 9.17) is 4.74 Å². The Labute approximate surface area is 157 Å². The van der Waals surface area contributed by atoms with E-state index in [1.165, 1.54) is 23.9 Å². The summed E-state index contributed by atoms with van der Waals surface area (Å²) in [5.74, 6) is 0.0918. The molecule has 3 aromatic carbocycles. The molecule has 1 amide bonds. The zero-order chi connectivity index (χ0) is 19.1. The number of aryl methyl sites for hydroxylation is 1. The van der Waals surface area contributed by atoms with E-state index >= 15 is 0 Å². The van der Waals surface area contributed by atoms with Gasteiger partial charge in [-0.25, -0.2) is 5.43 Å². The minimum Gasteiger partial charge on any atom is -0.507 e. The third-order valence-corrected chi connectivity index (χ3v) is 3.91. The number of hydrazone groups is 1. The summed E-state index contributed by atoms with van der Waals surface area (Å²) in [4.78, 5) is 12.1. The number of carbonyl (C=O) groups excluding carboxylic acids is 1. The highest BCUT2D eigenvalue weighted by atomic mass is 16.5. The van der Waals surface area contributed by atoms with Gasteiger partial charge in [0.15, 0.2) is 0 Å². The number of phenolic OH excluding ortho intramolecular Hbond substituents is 1. The number of aromatic hydroxyl groups is 1. The van der Waals surface area contributed by atoms with E-state index in [2.05, 4.69) is 16.6 Å². The first kappa shape index (κ1) is 18.2. The Hall–Kier alpha value is -3.60. The first-order valence-electron chi connectivity index (χ1n) is 8.52. The van der Waals surface area contributed by atoms with Gasteiger partial charge >= 0.3 is 0 Å². The molecule has 5 heteroatoms. The maximum atomic E-state index is 12.1. The lowest BCUT2D eigenvalue weighted by molar-refractivity contribution is 0.0952. The molecular formula is C22H20N2O3. The molecule has 3 aromatic rings. The average molecular weight is 360 g/mol. The van der Waals surface area contributed by atoms with Crippen LogP contribution in [-0.4, -0.2) is 17.2 Å². The second kappa shape index (κ2) is 8.67. The minimum atomic E-state index is -0.484. The maximum absolute atomic E-state index is 12.1. The third-order valence-electron chi connectivity index (χ3n) is 3.91. The molecule has 0 aromatic heterocycles. The summed E-state index contributed by atoms with van der Waals surface area (Å²) in [6.45, 7) is 2.48. The Morgan fingerprint density at radius 3 is 2.67 bits per heavy atom. The molecule has 0 aliphatic carbocycles. The van der Waals surface area contributed by atoms with Gasteiger partial charge in [0.2, 0.25) is 0 Å². The Morgan fingerprint density at radius 2 is 1.85 bits per heavy atom. The summed E-state index contributed by atoms with van der Waals surface area (Å²) >= 11 is 0. The van der Waals surface area contributed by atoms with Gasteiger partial charge in [0, 0.05) is 5.56 Å². The van der Waals surface area contributed by atoms with E-state index in [0.717, 1.165) is 11.1 Å². The average Bonchev–Trinajstić information content (AvgIpc) is 2.67. The molecular weight excluding hydrogens is 340 g/mol. The number of nitrogens with zero attached hydrogens (tertiary/aromatic N) is 1. The van der Waals surface area contributed by atoms with Gasteiger partial charge in [0.05, 0.1) is 11.8 Å². The molecule has 0 atom stereocenters. The molecule has 0 unspecified atom stereocenters. The fraction of sp³-hybridized carbons (Fsp3) is 0.0909. The monoisotopic (exact) mass is 360 g/mol. The molecule has 0 saturated carbocycles. The van der Waals surface area contributed by atoms with Gasteiger partial charge in [0.25, 0.3) is 5.91 Å². The summed E-state index contributed by atoms with van der Waals surface area (Å²) in [6, 6.07) is 21.9. The van der Waals surface area contributed by atoms with Crippen LogP contribution >= 0.6 is 0 Å². The zero-order valence-corrected chi connectivity index (χ0v) is 14.9. The van der Waals surface area contributed by atoms with Crippen molar-refractivity contribution in [2.45, 2.75) is 13.5 Å². The molecule has 0 aliphatic rings. The van der Waals surface area contributed by atoms with E-state index < -0.39 is 5.91 Å². The molecule has 0 spiro atoms. The summed E-state index contributed by atoms with van der Waals surface area (Å²) in [6.07, 6.45) is 1.52. The van der Waals surface area contributed by atoms with Crippen LogP contribution in [0.3, 0.4) is 0 Å². The normalized spacial score (nSPS) is 10.7. The maximum Gasteiger partial charge on any atom is 0.275 e. The van der Waals surface area contributed by atoms with Gasteiger partial charge in [-0.05, 0) is 36.8 Å². The molecule has 0 saturated heterocycles. The lowest BCUT2D eigenvalue weighted by Gasteiger charge is -2.09. The second-order valence-electron chi connectivity index (χ2n) is 6.03. The van der Waals surface area contributed by atoms with Crippen molar-refractivity contribution in [2.75, 3.05) is 0 Å². The highest BCUT2D eigenvalue weighted by Gasteiger charge is 2.09. The molecule has 0 fully saturated rings. The fourth-order valence-electron chi connectivity index (χ4n) is 2.57. The number of amides is 1. The Bertz CT molecular complexity index is 967. The number of para-hydroxylation sites is 2. The first-order chi connectivity index (χ1) is 13.1. The highest BCUT2D eigenvalue weighted by Crippen LogP contribution is 2.18. The molecule has 5 nitrogen and oxygen atoms in total. The first-order valence-corrected chi connectivity index (χ1v) is 8.52. The largest absolute Gasteiger partial charge is 0.507 e. The molecule has 0 bridgehead atoms. The van der Waals surface area contributed by atoms with Gasteiger partial charge in [-0.1, -0.05) is 54.1 Å². The van der Waals surface area contributed by atoms with Gasteiger partial charge in [-0.2, -0.15) is 5.10 Å². The number of hydrogen-bond acceptors (Lipinski definition) is 4. The van der Waals surface area contributed by atoms with Crippen LogP contribution in [0, 0.1) is 6.92 Å². The van der Waals surface area contributed by atoms with Crippen LogP contribution in [0.15, 0.2) is 77.9 Å². The molecule has 0 radical (unpaired) electrons. The number of carbonyl (C=O) groups is 1. The van der Waals surface area contributed by atoms with E-state index in [0.29, 0.717) is 12.4 Å². The number of benzene rings is 3. The van der Waals surface area contributed by atoms with Crippen molar-refractivity contribution in [1.29, 1.82) is 0 Å². The van der Waals surface area contributed by atoms with Crippen LogP contribution in [0.25, 0.3) is 0 Å². The van der Waals surface area contributed by atoms with Crippen LogP contribution in [0.4, 0.5) is 0 Å². The molecule has 136 valence electrons. The minimum absolute atomic E-state index is 0.0907. The van der Waals surface area contributed by atoms with Crippen molar-refractivity contribution in [2.24, 2.45) is 5.10 Å². The van der Waals surface area contributed by atoms with Crippen molar-refractivity contribution in [3.63, 3.8) is 0 Å². The number of rotatable bonds is 6. The summed E-state index contributed by atoms with van der Waals surface area (Å²) in [5, 5.41) is 13.7. The van der Waals surface area contributed by atoms with E-state index in [9.17, 15) is 9.90 Å². The topological polar surface area (TPSA) is 70.9 Å². The van der Waals surface area contributed by atoms with E-state index in [1.54, 1.807) is 12.1 Å². The summed E-state index contributed by atoms with van der Waals surface area (Å²) in [5.41, 5.74) is 5.57. The van der Waals surface area contributed by atoms with E-state index in [-0.39, 0.29) is 11.3 Å². The van der Waals surface area contributed by atoms with Crippen LogP contribution in [0.1, 0.15) is 27.0 Å². The summed E-state index contributed by atoms with van der Waals surface area (Å²) < 4.78 is 5.90. The van der Waals surface area contributed by atoms with Crippen molar-refractivity contribution in [3.8, 4) is 11.5 Å². The van der Waals surface area contributed by atoms with Gasteiger partial charge in [0.1, 0.15) is 18.1 Å². The van der Waals surface area contributed by atoms with Crippen molar-refractivity contribution in [1.82, 2.24) is 5.43 Å². The van der Waals surface area contributed by atoms with Crippen molar-refractivity contribution in [3.05, 3.63) is 95.1 Å². The Kier molecular flexibility index (Phi) is 5.84. The van der Waals surface area contributed by atoms with Crippen LogP contribution in [0.2, 0.25) is 0 Å². The summed E-state index contributed by atoms with van der Waals surface area (Å²) in [7, 11) is 0. The standard InChI is InChI=1S/C22H20N2O3/c1-16-7-6-8-17(13-16)15-27-21-12-5-2-9-18(21)14-23-24-22(26)19-10-3-4-11-20(19)25/h2-14,25H,15H2,1H3,(H,24,26)/b23-14+. The predicted octanol–water partition coefficient (Wildman–Crippen LogP) is 4.04. The molecule has 0 aliphatic heterocycles. The molecule has 3 rings (SSSR count). The number of nitrogens with one attached hydrogen (secondary N) is 1. The van der Waals surface area contributed by atoms with Gasteiger partial charge < -0.3 is 9.84 Å². The van der Waals surface area contributed by atoms with Crippen molar-refractivity contribution >= 4 is 12.1 Å². The smallest absolute Gasteiger partial charge is 0.275 e. The van der Waals surface area contributed by atoms with Crippen LogP contribution < -0.4 is 10.2 Å². The quantitative estimate of drug-likeness (QED) is 0.515. The number of ether oxygens (including phenoxy) is 1. The predicted molar refractivity (Wildman–Crippen MR) is 105 cm³/mol. The zero-order valence-electron chi connectivity index (χ0n) is 14.9. The lowest BCUT2D eigenvalue weighted by atomic mass is 10.1. The fourth-order valence-corrected chi connectivity index (χ4v) is 2.57. The molecule has 2 N–H and O–H groups in total. The highest BCUT2D eigenvalue weighted by molar-refractivity contribution is 5.97. The van der Waals surface area contributed by atoms with Crippen molar-refractivity contribution < 1.29 is 14.6 Å². The van der Waals surface area contributed by atoms with Crippen LogP contribution in [-0.2, 0) is 6.61 Å². The lowest BCUT2D eigenvalue weighted by Crippen LogP contribution is -2.17. The second-order valence-corrected chi connectivity index (χ2v) is 6.03.